The van der Waals surface area contributed by atoms with Crippen LogP contribution in [0, 0.1) is 3.57 Å². The number of hydrogen-bond acceptors (Lipinski definition) is 4. The molecular formula is C16H13BrIN3O2S. The van der Waals surface area contributed by atoms with E-state index in [2.05, 4.69) is 54.1 Å². The summed E-state index contributed by atoms with van der Waals surface area (Å²) in [5.74, 6) is 0.893. The van der Waals surface area contributed by atoms with Crippen molar-refractivity contribution in [2.75, 3.05) is 12.4 Å². The Kier molecular flexibility index (Phi) is 7.13. The molecule has 1 aromatic heterocycles. The Bertz CT molecular complexity index is 781. The molecule has 0 spiro atoms. The van der Waals surface area contributed by atoms with Crippen LogP contribution in [0.1, 0.15) is 5.56 Å². The molecule has 5 nitrogen and oxygen atoms in total. The summed E-state index contributed by atoms with van der Waals surface area (Å²) in [5.41, 5.74) is 0.778. The van der Waals surface area contributed by atoms with E-state index in [-0.39, 0.29) is 11.0 Å². The molecule has 24 heavy (non-hydrogen) atoms. The van der Waals surface area contributed by atoms with Crippen LogP contribution in [-0.2, 0) is 4.79 Å². The van der Waals surface area contributed by atoms with Crippen LogP contribution in [0.3, 0.4) is 0 Å². The normalized spacial score (nSPS) is 10.5. The third-order valence-electron chi connectivity index (χ3n) is 2.81. The maximum Gasteiger partial charge on any atom is 0.250 e. The number of pyridine rings is 1. The van der Waals surface area contributed by atoms with Gasteiger partial charge in [0.05, 0.1) is 7.11 Å². The van der Waals surface area contributed by atoms with Gasteiger partial charge in [0, 0.05) is 25.9 Å². The second kappa shape index (κ2) is 9.09. The minimum absolute atomic E-state index is 0.180. The maximum atomic E-state index is 12.0. The average molecular weight is 518 g/mol. The van der Waals surface area contributed by atoms with Crippen LogP contribution >= 0.6 is 50.7 Å². The Balaban J connectivity index is 1.96. The van der Waals surface area contributed by atoms with Crippen LogP contribution in [0.15, 0.2) is 47.1 Å². The quantitative estimate of drug-likeness (QED) is 0.365. The molecule has 1 heterocycles. The number of nitrogens with zero attached hydrogens (tertiary/aromatic N) is 1. The highest BCUT2D eigenvalue weighted by Crippen LogP contribution is 2.24. The van der Waals surface area contributed by atoms with Crippen LogP contribution in [0.4, 0.5) is 5.82 Å². The van der Waals surface area contributed by atoms with Crippen molar-refractivity contribution in [3.63, 3.8) is 0 Å². The van der Waals surface area contributed by atoms with Crippen molar-refractivity contribution < 1.29 is 9.53 Å². The highest BCUT2D eigenvalue weighted by molar-refractivity contribution is 14.1. The Morgan fingerprint density at radius 2 is 2.17 bits per heavy atom. The zero-order chi connectivity index (χ0) is 17.5. The van der Waals surface area contributed by atoms with Gasteiger partial charge in [-0.05, 0) is 71.2 Å². The number of thiocarbonyl (C=S) groups is 1. The van der Waals surface area contributed by atoms with Crippen molar-refractivity contribution in [1.82, 2.24) is 10.3 Å². The molecule has 0 aliphatic carbocycles. The molecule has 0 atom stereocenters. The number of nitrogens with one attached hydrogen (secondary N) is 2. The molecule has 2 N–H and O–H groups in total. The fraction of sp³-hybridized carbons (Fsp3) is 0.0625. The van der Waals surface area contributed by atoms with E-state index in [0.717, 1.165) is 13.6 Å². The molecule has 124 valence electrons. The molecule has 2 aromatic rings. The Labute approximate surface area is 167 Å². The van der Waals surface area contributed by atoms with Gasteiger partial charge >= 0.3 is 0 Å². The van der Waals surface area contributed by atoms with Gasteiger partial charge in [0.1, 0.15) is 11.6 Å². The third kappa shape index (κ3) is 5.84. The number of anilines is 1. The first-order valence-corrected chi connectivity index (χ1v) is 9.01. The number of rotatable bonds is 4. The second-order valence-electron chi connectivity index (χ2n) is 4.52. The van der Waals surface area contributed by atoms with Crippen LogP contribution in [0.25, 0.3) is 6.08 Å². The van der Waals surface area contributed by atoms with Crippen LogP contribution in [0.2, 0.25) is 0 Å². The number of carbonyl (C=O) groups excluding carboxylic acids is 1. The highest BCUT2D eigenvalue weighted by Gasteiger charge is 2.04. The number of benzene rings is 1. The van der Waals surface area contributed by atoms with Gasteiger partial charge < -0.3 is 10.1 Å². The summed E-state index contributed by atoms with van der Waals surface area (Å²) in [6, 6.07) is 9.20. The summed E-state index contributed by atoms with van der Waals surface area (Å²) in [6.45, 7) is 0. The van der Waals surface area contributed by atoms with E-state index >= 15 is 0 Å². The van der Waals surface area contributed by atoms with E-state index in [9.17, 15) is 4.79 Å². The Morgan fingerprint density at radius 1 is 1.38 bits per heavy atom. The first kappa shape index (κ1) is 18.8. The van der Waals surface area contributed by atoms with Crippen molar-refractivity contribution >= 4 is 73.7 Å². The second-order valence-corrected chi connectivity index (χ2v) is 7.09. The molecule has 0 bridgehead atoms. The molecule has 0 aliphatic heterocycles. The van der Waals surface area contributed by atoms with E-state index in [1.54, 1.807) is 25.4 Å². The molecule has 0 unspecified atom stereocenters. The van der Waals surface area contributed by atoms with Crippen molar-refractivity contribution in [2.24, 2.45) is 0 Å². The minimum Gasteiger partial charge on any atom is -0.496 e. The minimum atomic E-state index is -0.347. The number of hydrogen-bond donors (Lipinski definition) is 2. The van der Waals surface area contributed by atoms with Crippen LogP contribution in [-0.4, -0.2) is 23.1 Å². The lowest BCUT2D eigenvalue weighted by Gasteiger charge is -2.07. The smallest absolute Gasteiger partial charge is 0.250 e. The van der Waals surface area contributed by atoms with Gasteiger partial charge in [-0.3, -0.25) is 10.1 Å². The molecule has 0 aliphatic rings. The number of ether oxygens (including phenoxy) is 1. The molecule has 0 saturated carbocycles. The fourth-order valence-corrected chi connectivity index (χ4v) is 2.65. The predicted octanol–water partition coefficient (Wildman–Crippen LogP) is 3.98. The fourth-order valence-electron chi connectivity index (χ4n) is 1.75. The number of carbonyl (C=O) groups is 1. The average Bonchev–Trinajstić information content (AvgIpc) is 2.55. The summed E-state index contributed by atoms with van der Waals surface area (Å²) < 4.78 is 7.16. The number of amides is 1. The molecule has 1 amide bonds. The van der Waals surface area contributed by atoms with E-state index in [4.69, 9.17) is 17.0 Å². The van der Waals surface area contributed by atoms with Crippen molar-refractivity contribution in [1.29, 1.82) is 0 Å². The zero-order valence-corrected chi connectivity index (χ0v) is 17.1. The largest absolute Gasteiger partial charge is 0.496 e. The summed E-state index contributed by atoms with van der Waals surface area (Å²) in [4.78, 5) is 16.1. The monoisotopic (exact) mass is 517 g/mol. The van der Waals surface area contributed by atoms with Crippen LogP contribution < -0.4 is 15.4 Å². The highest BCUT2D eigenvalue weighted by atomic mass is 127. The van der Waals surface area contributed by atoms with Crippen molar-refractivity contribution in [2.45, 2.75) is 0 Å². The molecule has 1 aromatic carbocycles. The van der Waals surface area contributed by atoms with Gasteiger partial charge in [0.25, 0.3) is 0 Å². The van der Waals surface area contributed by atoms with E-state index in [1.165, 1.54) is 6.08 Å². The number of methoxy groups -OCH3 is 1. The predicted molar refractivity (Wildman–Crippen MR) is 111 cm³/mol. The lowest BCUT2D eigenvalue weighted by atomic mass is 10.2. The first-order chi connectivity index (χ1) is 11.5. The Hall–Kier alpha value is -1.52. The lowest BCUT2D eigenvalue weighted by Crippen LogP contribution is -2.33. The standard InChI is InChI=1S/C16H13BrIN3O2S/c1-23-13-5-3-11(17)8-10(13)2-7-15(22)21-16(24)20-14-6-4-12(18)9-19-14/h2-9H,1H3,(H2,19,20,21,22,24)/b7-2+. The van der Waals surface area contributed by atoms with E-state index in [1.807, 2.05) is 24.3 Å². The zero-order valence-electron chi connectivity index (χ0n) is 12.5. The summed E-state index contributed by atoms with van der Waals surface area (Å²) in [5, 5.41) is 5.59. The molecule has 0 saturated heterocycles. The summed E-state index contributed by atoms with van der Waals surface area (Å²) >= 11 is 10.6. The van der Waals surface area contributed by atoms with Gasteiger partial charge in [-0.1, -0.05) is 15.9 Å². The van der Waals surface area contributed by atoms with E-state index in [0.29, 0.717) is 11.6 Å². The lowest BCUT2D eigenvalue weighted by molar-refractivity contribution is -0.115. The maximum absolute atomic E-state index is 12.0. The molecule has 8 heteroatoms. The number of aromatic nitrogens is 1. The molecule has 0 fully saturated rings. The molecule has 2 rings (SSSR count). The Morgan fingerprint density at radius 3 is 2.83 bits per heavy atom. The van der Waals surface area contributed by atoms with Gasteiger partial charge in [0.15, 0.2) is 5.11 Å². The molecular weight excluding hydrogens is 505 g/mol. The van der Waals surface area contributed by atoms with Gasteiger partial charge in [-0.25, -0.2) is 4.98 Å². The SMILES string of the molecule is COc1ccc(Br)cc1/C=C/C(=O)NC(=S)Nc1ccc(I)cn1. The first-order valence-electron chi connectivity index (χ1n) is 6.73. The third-order valence-corrected chi connectivity index (χ3v) is 4.15. The van der Waals surface area contributed by atoms with Crippen LogP contribution in [0.5, 0.6) is 5.75 Å². The number of halogens is 2. The van der Waals surface area contributed by atoms with Gasteiger partial charge in [0.2, 0.25) is 5.91 Å². The van der Waals surface area contributed by atoms with Crippen molar-refractivity contribution in [3.05, 3.63) is 56.2 Å². The van der Waals surface area contributed by atoms with Gasteiger partial charge in [-0.2, -0.15) is 0 Å². The van der Waals surface area contributed by atoms with Crippen molar-refractivity contribution in [3.8, 4) is 5.75 Å². The summed E-state index contributed by atoms with van der Waals surface area (Å²) in [6.07, 6.45) is 4.75. The topological polar surface area (TPSA) is 63.2 Å². The summed E-state index contributed by atoms with van der Waals surface area (Å²) in [7, 11) is 1.58. The van der Waals surface area contributed by atoms with Gasteiger partial charge in [-0.15, -0.1) is 0 Å². The molecule has 0 radical (unpaired) electrons. The van der Waals surface area contributed by atoms with E-state index < -0.39 is 0 Å².